The highest BCUT2D eigenvalue weighted by molar-refractivity contribution is 6.37. The van der Waals surface area contributed by atoms with E-state index in [4.69, 9.17) is 27.9 Å². The van der Waals surface area contributed by atoms with Gasteiger partial charge in [-0.3, -0.25) is 4.79 Å². The quantitative estimate of drug-likeness (QED) is 0.211. The molecule has 0 fully saturated rings. The molecule has 0 radical (unpaired) electrons. The summed E-state index contributed by atoms with van der Waals surface area (Å²) in [6.07, 6.45) is 1.46. The number of halogens is 2. The van der Waals surface area contributed by atoms with Crippen LogP contribution in [0.5, 0.6) is 5.75 Å². The van der Waals surface area contributed by atoms with Crippen LogP contribution < -0.4 is 10.1 Å². The summed E-state index contributed by atoms with van der Waals surface area (Å²) >= 11 is 12.9. The third-order valence-electron chi connectivity index (χ3n) is 5.54. The van der Waals surface area contributed by atoms with Gasteiger partial charge in [0.05, 0.1) is 16.1 Å². The maximum atomic E-state index is 12.7. The van der Waals surface area contributed by atoms with Crippen molar-refractivity contribution < 1.29 is 9.53 Å². The van der Waals surface area contributed by atoms with Crippen molar-refractivity contribution in [2.75, 3.05) is 0 Å². The standard InChI is InChI=1S/C29H22Cl2N2O2/c1-19(22-7-3-2-4-8-22)33-29(34)25(17-32)14-21-15-26(30)28(27(31)16-21)35-18-20-11-12-23-9-5-6-10-24(23)13-20/h2-16,19H,18H2,1H3,(H,33,34)/b25-14-/t19-/m1/s1. The van der Waals surface area contributed by atoms with E-state index in [0.717, 1.165) is 21.9 Å². The molecule has 0 spiro atoms. The Morgan fingerprint density at radius 2 is 1.63 bits per heavy atom. The van der Waals surface area contributed by atoms with Crippen LogP contribution in [0.2, 0.25) is 10.0 Å². The molecule has 4 rings (SSSR count). The summed E-state index contributed by atoms with van der Waals surface area (Å²) in [6, 6.07) is 28.6. The number of rotatable bonds is 7. The predicted octanol–water partition coefficient (Wildman–Crippen LogP) is 7.51. The van der Waals surface area contributed by atoms with E-state index >= 15 is 0 Å². The number of carbonyl (C=O) groups is 1. The summed E-state index contributed by atoms with van der Waals surface area (Å²) < 4.78 is 5.91. The van der Waals surface area contributed by atoms with Crippen LogP contribution in [0.3, 0.4) is 0 Å². The Bertz CT molecular complexity index is 1420. The van der Waals surface area contributed by atoms with Crippen molar-refractivity contribution >= 4 is 46.0 Å². The predicted molar refractivity (Wildman–Crippen MR) is 141 cm³/mol. The van der Waals surface area contributed by atoms with Gasteiger partial charge in [0, 0.05) is 0 Å². The molecule has 0 aliphatic heterocycles. The Hall–Kier alpha value is -3.78. The van der Waals surface area contributed by atoms with Gasteiger partial charge in [0.1, 0.15) is 18.2 Å². The lowest BCUT2D eigenvalue weighted by molar-refractivity contribution is -0.117. The van der Waals surface area contributed by atoms with Crippen LogP contribution in [0.1, 0.15) is 29.7 Å². The first-order valence-corrected chi connectivity index (χ1v) is 11.8. The third kappa shape index (κ3) is 6.02. The second kappa shape index (κ2) is 11.1. The van der Waals surface area contributed by atoms with Gasteiger partial charge < -0.3 is 10.1 Å². The van der Waals surface area contributed by atoms with Gasteiger partial charge in [0.2, 0.25) is 0 Å². The van der Waals surface area contributed by atoms with E-state index in [-0.39, 0.29) is 11.6 Å². The Balaban J connectivity index is 1.48. The molecule has 0 aliphatic rings. The molecular formula is C29H22Cl2N2O2. The molecule has 1 N–H and O–H groups in total. The lowest BCUT2D eigenvalue weighted by atomic mass is 10.1. The Kier molecular flexibility index (Phi) is 7.72. The zero-order valence-corrected chi connectivity index (χ0v) is 20.5. The van der Waals surface area contributed by atoms with Gasteiger partial charge >= 0.3 is 0 Å². The maximum Gasteiger partial charge on any atom is 0.262 e. The largest absolute Gasteiger partial charge is 0.486 e. The topological polar surface area (TPSA) is 62.1 Å². The Morgan fingerprint density at radius 1 is 0.971 bits per heavy atom. The molecule has 0 aromatic heterocycles. The van der Waals surface area contributed by atoms with Gasteiger partial charge in [0.15, 0.2) is 5.75 Å². The molecule has 0 saturated carbocycles. The summed E-state index contributed by atoms with van der Waals surface area (Å²) in [5, 5.41) is 15.2. The minimum absolute atomic E-state index is 0.0512. The molecule has 174 valence electrons. The normalized spacial score (nSPS) is 12.1. The zero-order chi connectivity index (χ0) is 24.8. The van der Waals surface area contributed by atoms with E-state index in [1.54, 1.807) is 12.1 Å². The summed E-state index contributed by atoms with van der Waals surface area (Å²) in [4.78, 5) is 12.7. The lowest BCUT2D eigenvalue weighted by Crippen LogP contribution is -2.27. The van der Waals surface area contributed by atoms with Gasteiger partial charge in [-0.15, -0.1) is 0 Å². The molecule has 1 atom stereocenters. The number of nitrogens with zero attached hydrogens (tertiary/aromatic N) is 1. The number of benzene rings is 4. The van der Waals surface area contributed by atoms with Crippen molar-refractivity contribution in [1.82, 2.24) is 5.32 Å². The van der Waals surface area contributed by atoms with Gasteiger partial charge in [-0.1, -0.05) is 89.9 Å². The van der Waals surface area contributed by atoms with Gasteiger partial charge in [0.25, 0.3) is 5.91 Å². The number of carbonyl (C=O) groups excluding carboxylic acids is 1. The third-order valence-corrected chi connectivity index (χ3v) is 6.10. The van der Waals surface area contributed by atoms with Crippen LogP contribution in [-0.2, 0) is 11.4 Å². The van der Waals surface area contributed by atoms with E-state index in [2.05, 4.69) is 17.4 Å². The molecule has 0 aliphatic carbocycles. The van der Waals surface area contributed by atoms with Crippen LogP contribution in [0.25, 0.3) is 16.8 Å². The van der Waals surface area contributed by atoms with Gasteiger partial charge in [-0.2, -0.15) is 5.26 Å². The molecule has 1 amide bonds. The number of amides is 1. The maximum absolute atomic E-state index is 12.7. The van der Waals surface area contributed by atoms with E-state index < -0.39 is 5.91 Å². The average Bonchev–Trinajstić information content (AvgIpc) is 2.87. The molecule has 0 saturated heterocycles. The molecule has 4 nitrogen and oxygen atoms in total. The summed E-state index contributed by atoms with van der Waals surface area (Å²) in [5.41, 5.74) is 2.40. The molecule has 35 heavy (non-hydrogen) atoms. The van der Waals surface area contributed by atoms with Crippen LogP contribution >= 0.6 is 23.2 Å². The van der Waals surface area contributed by atoms with E-state index in [0.29, 0.717) is 28.0 Å². The first kappa shape index (κ1) is 24.3. The van der Waals surface area contributed by atoms with Crippen molar-refractivity contribution in [3.05, 3.63) is 117 Å². The monoisotopic (exact) mass is 500 g/mol. The molecule has 0 heterocycles. The zero-order valence-electron chi connectivity index (χ0n) is 19.0. The highest BCUT2D eigenvalue weighted by Gasteiger charge is 2.15. The number of nitriles is 1. The summed E-state index contributed by atoms with van der Waals surface area (Å²) in [5.74, 6) is -0.132. The van der Waals surface area contributed by atoms with Crippen molar-refractivity contribution in [3.63, 3.8) is 0 Å². The first-order chi connectivity index (χ1) is 16.9. The summed E-state index contributed by atoms with van der Waals surface area (Å²) in [7, 11) is 0. The minimum atomic E-state index is -0.479. The number of fused-ring (bicyclic) bond motifs is 1. The fourth-order valence-electron chi connectivity index (χ4n) is 3.70. The molecular weight excluding hydrogens is 479 g/mol. The van der Waals surface area contributed by atoms with E-state index in [1.807, 2.05) is 73.7 Å². The van der Waals surface area contributed by atoms with Crippen LogP contribution in [-0.4, -0.2) is 5.91 Å². The van der Waals surface area contributed by atoms with Gasteiger partial charge in [-0.25, -0.2) is 0 Å². The highest BCUT2D eigenvalue weighted by atomic mass is 35.5. The van der Waals surface area contributed by atoms with E-state index in [1.165, 1.54) is 6.08 Å². The van der Waals surface area contributed by atoms with Crippen molar-refractivity contribution in [2.24, 2.45) is 0 Å². The second-order valence-electron chi connectivity index (χ2n) is 8.06. The van der Waals surface area contributed by atoms with Crippen LogP contribution in [0.4, 0.5) is 0 Å². The van der Waals surface area contributed by atoms with E-state index in [9.17, 15) is 10.1 Å². The number of nitrogens with one attached hydrogen (secondary N) is 1. The highest BCUT2D eigenvalue weighted by Crippen LogP contribution is 2.35. The van der Waals surface area contributed by atoms with Crippen LogP contribution in [0, 0.1) is 11.3 Å². The average molecular weight is 501 g/mol. The fourth-order valence-corrected chi connectivity index (χ4v) is 4.31. The molecule has 4 aromatic carbocycles. The number of hydrogen-bond donors (Lipinski definition) is 1. The Morgan fingerprint density at radius 3 is 2.31 bits per heavy atom. The van der Waals surface area contributed by atoms with Crippen molar-refractivity contribution in [2.45, 2.75) is 19.6 Å². The molecule has 4 aromatic rings. The number of hydrogen-bond acceptors (Lipinski definition) is 3. The minimum Gasteiger partial charge on any atom is -0.486 e. The van der Waals surface area contributed by atoms with Crippen molar-refractivity contribution in [1.29, 1.82) is 5.26 Å². The van der Waals surface area contributed by atoms with Crippen molar-refractivity contribution in [3.8, 4) is 11.8 Å². The SMILES string of the molecule is C[C@@H](NC(=O)/C(C#N)=C\c1cc(Cl)c(OCc2ccc3ccccc3c2)c(Cl)c1)c1ccccc1. The second-order valence-corrected chi connectivity index (χ2v) is 8.87. The lowest BCUT2D eigenvalue weighted by Gasteiger charge is -2.14. The first-order valence-electron chi connectivity index (χ1n) is 11.0. The smallest absolute Gasteiger partial charge is 0.262 e. The Labute approximate surface area is 214 Å². The molecule has 6 heteroatoms. The fraction of sp³-hybridized carbons (Fsp3) is 0.103. The van der Waals surface area contributed by atoms with Gasteiger partial charge in [-0.05, 0) is 58.7 Å². The number of ether oxygens (including phenoxy) is 1. The molecule has 0 bridgehead atoms. The van der Waals surface area contributed by atoms with Crippen LogP contribution in [0.15, 0.2) is 90.5 Å². The molecule has 0 unspecified atom stereocenters. The summed E-state index contributed by atoms with van der Waals surface area (Å²) in [6.45, 7) is 2.15.